The topological polar surface area (TPSA) is 86.5 Å². The molecule has 0 spiro atoms. The molecule has 1 N–H and O–H groups in total. The van der Waals surface area contributed by atoms with Crippen LogP contribution in [0, 0.1) is 0 Å². The highest BCUT2D eigenvalue weighted by Gasteiger charge is 2.16. The van der Waals surface area contributed by atoms with Crippen molar-refractivity contribution in [2.45, 2.75) is 19.6 Å². The Morgan fingerprint density at radius 2 is 1.92 bits per heavy atom. The summed E-state index contributed by atoms with van der Waals surface area (Å²) >= 11 is 0. The van der Waals surface area contributed by atoms with E-state index in [2.05, 4.69) is 15.5 Å². The first-order chi connectivity index (χ1) is 12.7. The van der Waals surface area contributed by atoms with Gasteiger partial charge in [-0.25, -0.2) is 0 Å². The largest absolute Gasteiger partial charge is 0.497 e. The monoisotopic (exact) mass is 353 g/mol. The lowest BCUT2D eigenvalue weighted by atomic mass is 10.2. The van der Waals surface area contributed by atoms with Crippen LogP contribution in [0.15, 0.2) is 59.1 Å². The number of nitrogens with zero attached hydrogens (tertiary/aromatic N) is 2. The van der Waals surface area contributed by atoms with E-state index in [1.54, 1.807) is 26.2 Å². The van der Waals surface area contributed by atoms with Gasteiger partial charge in [0.1, 0.15) is 11.5 Å². The zero-order valence-corrected chi connectivity index (χ0v) is 14.5. The molecular weight excluding hydrogens is 334 g/mol. The van der Waals surface area contributed by atoms with Gasteiger partial charge < -0.3 is 19.3 Å². The maximum Gasteiger partial charge on any atom is 0.261 e. The molecule has 0 aliphatic heterocycles. The number of carbonyl (C=O) groups is 1. The molecule has 0 saturated carbocycles. The van der Waals surface area contributed by atoms with E-state index in [1.165, 1.54) is 0 Å². The summed E-state index contributed by atoms with van der Waals surface area (Å²) in [7, 11) is 1.59. The van der Waals surface area contributed by atoms with Gasteiger partial charge in [0.2, 0.25) is 11.7 Å². The van der Waals surface area contributed by atoms with Crippen molar-refractivity contribution >= 4 is 5.91 Å². The van der Waals surface area contributed by atoms with E-state index in [1.807, 2.05) is 42.5 Å². The summed E-state index contributed by atoms with van der Waals surface area (Å²) < 4.78 is 15.9. The first-order valence-corrected chi connectivity index (χ1v) is 8.12. The van der Waals surface area contributed by atoms with Crippen molar-refractivity contribution in [2.75, 3.05) is 7.11 Å². The quantitative estimate of drug-likeness (QED) is 0.703. The molecule has 1 atom stereocenters. The molecule has 0 saturated heterocycles. The second-order valence-corrected chi connectivity index (χ2v) is 5.53. The van der Waals surface area contributed by atoms with Gasteiger partial charge in [-0.2, -0.15) is 4.98 Å². The number of methoxy groups -OCH3 is 1. The molecule has 0 unspecified atom stereocenters. The number of hydrogen-bond acceptors (Lipinski definition) is 6. The fourth-order valence-electron chi connectivity index (χ4n) is 2.27. The molecule has 3 aromatic rings. The highest BCUT2D eigenvalue weighted by Crippen LogP contribution is 2.21. The Kier molecular flexibility index (Phi) is 5.48. The van der Waals surface area contributed by atoms with E-state index in [-0.39, 0.29) is 12.5 Å². The molecule has 0 aliphatic carbocycles. The van der Waals surface area contributed by atoms with Crippen LogP contribution in [-0.4, -0.2) is 29.3 Å². The van der Waals surface area contributed by atoms with Crippen LogP contribution < -0.4 is 14.8 Å². The Balaban J connectivity index is 1.56. The maximum atomic E-state index is 12.1. The molecule has 26 heavy (non-hydrogen) atoms. The molecule has 0 bridgehead atoms. The molecule has 1 aromatic heterocycles. The Morgan fingerprint density at radius 1 is 1.15 bits per heavy atom. The van der Waals surface area contributed by atoms with E-state index in [0.717, 1.165) is 5.56 Å². The van der Waals surface area contributed by atoms with Gasteiger partial charge in [0.05, 0.1) is 13.7 Å². The highest BCUT2D eigenvalue weighted by molar-refractivity contribution is 5.80. The van der Waals surface area contributed by atoms with Gasteiger partial charge in [-0.3, -0.25) is 4.79 Å². The van der Waals surface area contributed by atoms with E-state index in [9.17, 15) is 4.79 Å². The molecule has 0 radical (unpaired) electrons. The predicted octanol–water partition coefficient (Wildman–Crippen LogP) is 2.83. The molecule has 0 aliphatic rings. The van der Waals surface area contributed by atoms with Crippen molar-refractivity contribution < 1.29 is 18.8 Å². The van der Waals surface area contributed by atoms with Crippen molar-refractivity contribution in [1.82, 2.24) is 15.5 Å². The standard InChI is InChI=1S/C19H19N3O4/c1-13(25-15-8-4-3-5-9-15)19(23)20-12-17-21-18(22-26-17)14-7-6-10-16(11-14)24-2/h3-11,13H,12H2,1-2H3,(H,20,23)/t13-/m1/s1. The summed E-state index contributed by atoms with van der Waals surface area (Å²) in [6.45, 7) is 1.80. The van der Waals surface area contributed by atoms with Crippen LogP contribution >= 0.6 is 0 Å². The molecular formula is C19H19N3O4. The van der Waals surface area contributed by atoms with Crippen LogP contribution in [-0.2, 0) is 11.3 Å². The SMILES string of the molecule is COc1cccc(-c2noc(CNC(=O)[C@@H](C)Oc3ccccc3)n2)c1. The first kappa shape index (κ1) is 17.5. The molecule has 7 heteroatoms. The summed E-state index contributed by atoms with van der Waals surface area (Å²) in [5, 5.41) is 6.65. The van der Waals surface area contributed by atoms with Crippen molar-refractivity contribution in [3.05, 3.63) is 60.5 Å². The van der Waals surface area contributed by atoms with E-state index < -0.39 is 6.10 Å². The Hall–Kier alpha value is -3.35. The van der Waals surface area contributed by atoms with E-state index in [4.69, 9.17) is 14.0 Å². The van der Waals surface area contributed by atoms with Gasteiger partial charge in [-0.05, 0) is 31.2 Å². The molecule has 1 heterocycles. The average Bonchev–Trinajstić information content (AvgIpc) is 3.16. The second kappa shape index (κ2) is 8.15. The lowest BCUT2D eigenvalue weighted by Gasteiger charge is -2.13. The average molecular weight is 353 g/mol. The number of ether oxygens (including phenoxy) is 2. The third kappa shape index (κ3) is 4.38. The zero-order chi connectivity index (χ0) is 18.4. The first-order valence-electron chi connectivity index (χ1n) is 8.12. The smallest absolute Gasteiger partial charge is 0.261 e. The van der Waals surface area contributed by atoms with Gasteiger partial charge >= 0.3 is 0 Å². The fraction of sp³-hybridized carbons (Fsp3) is 0.211. The van der Waals surface area contributed by atoms with Gasteiger partial charge in [-0.1, -0.05) is 35.5 Å². The Bertz CT molecular complexity index is 864. The minimum atomic E-state index is -0.641. The van der Waals surface area contributed by atoms with Gasteiger partial charge in [0.25, 0.3) is 5.91 Å². The summed E-state index contributed by atoms with van der Waals surface area (Å²) in [6, 6.07) is 16.5. The van der Waals surface area contributed by atoms with Crippen molar-refractivity contribution in [3.63, 3.8) is 0 Å². The summed E-state index contributed by atoms with van der Waals surface area (Å²) in [6.07, 6.45) is -0.641. The summed E-state index contributed by atoms with van der Waals surface area (Å²) in [4.78, 5) is 16.4. The molecule has 0 fully saturated rings. The number of rotatable bonds is 7. The van der Waals surface area contributed by atoms with Crippen molar-refractivity contribution in [2.24, 2.45) is 0 Å². The van der Waals surface area contributed by atoms with Gasteiger partial charge in [0, 0.05) is 5.56 Å². The molecule has 134 valence electrons. The lowest BCUT2D eigenvalue weighted by Crippen LogP contribution is -2.35. The van der Waals surface area contributed by atoms with Gasteiger partial charge in [-0.15, -0.1) is 0 Å². The fourth-order valence-corrected chi connectivity index (χ4v) is 2.27. The molecule has 7 nitrogen and oxygen atoms in total. The van der Waals surface area contributed by atoms with Crippen LogP contribution in [0.4, 0.5) is 0 Å². The van der Waals surface area contributed by atoms with E-state index in [0.29, 0.717) is 23.2 Å². The minimum absolute atomic E-state index is 0.123. The van der Waals surface area contributed by atoms with Crippen LogP contribution in [0.2, 0.25) is 0 Å². The van der Waals surface area contributed by atoms with Crippen LogP contribution in [0.25, 0.3) is 11.4 Å². The Labute approximate surface area is 150 Å². The van der Waals surface area contributed by atoms with Crippen LogP contribution in [0.1, 0.15) is 12.8 Å². The van der Waals surface area contributed by atoms with E-state index >= 15 is 0 Å². The second-order valence-electron chi connectivity index (χ2n) is 5.53. The molecule has 3 rings (SSSR count). The molecule has 2 aromatic carbocycles. The third-order valence-corrected chi connectivity index (χ3v) is 3.64. The van der Waals surface area contributed by atoms with Crippen molar-refractivity contribution in [1.29, 1.82) is 0 Å². The number of amides is 1. The molecule has 1 amide bonds. The summed E-state index contributed by atoms with van der Waals surface area (Å²) in [5.74, 6) is 1.81. The summed E-state index contributed by atoms with van der Waals surface area (Å²) in [5.41, 5.74) is 0.770. The number of benzene rings is 2. The number of nitrogens with one attached hydrogen (secondary N) is 1. The Morgan fingerprint density at radius 3 is 2.69 bits per heavy atom. The minimum Gasteiger partial charge on any atom is -0.497 e. The van der Waals surface area contributed by atoms with Crippen molar-refractivity contribution in [3.8, 4) is 22.9 Å². The number of hydrogen-bond donors (Lipinski definition) is 1. The van der Waals surface area contributed by atoms with Gasteiger partial charge in [0.15, 0.2) is 6.10 Å². The number of carbonyl (C=O) groups excluding carboxylic acids is 1. The normalized spacial score (nSPS) is 11.6. The third-order valence-electron chi connectivity index (χ3n) is 3.64. The zero-order valence-electron chi connectivity index (χ0n) is 14.5. The maximum absolute atomic E-state index is 12.1. The predicted molar refractivity (Wildman–Crippen MR) is 94.7 cm³/mol. The van der Waals surface area contributed by atoms with Crippen LogP contribution in [0.3, 0.4) is 0 Å². The van der Waals surface area contributed by atoms with Crippen LogP contribution in [0.5, 0.6) is 11.5 Å². The highest BCUT2D eigenvalue weighted by atomic mass is 16.5. The number of aromatic nitrogens is 2. The number of para-hydroxylation sites is 1. The lowest BCUT2D eigenvalue weighted by molar-refractivity contribution is -0.127.